The quantitative estimate of drug-likeness (QED) is 0.548. The molecule has 2 aliphatic heterocycles. The van der Waals surface area contributed by atoms with Gasteiger partial charge in [0.15, 0.2) is 5.78 Å². The molecule has 5 rings (SSSR count). The van der Waals surface area contributed by atoms with Crippen LogP contribution in [0.15, 0.2) is 54.6 Å². The largest absolute Gasteiger partial charge is 0.311 e. The van der Waals surface area contributed by atoms with Gasteiger partial charge in [-0.1, -0.05) is 48.5 Å². The first-order chi connectivity index (χ1) is 11.8. The van der Waals surface area contributed by atoms with Crippen LogP contribution in [0, 0.1) is 5.92 Å². The lowest BCUT2D eigenvalue weighted by molar-refractivity contribution is 0.0877. The zero-order valence-electron chi connectivity index (χ0n) is 13.7. The van der Waals surface area contributed by atoms with E-state index in [1.54, 1.807) is 0 Å². The van der Waals surface area contributed by atoms with E-state index in [1.807, 2.05) is 6.07 Å². The van der Waals surface area contributed by atoms with Crippen LogP contribution in [0.4, 0.5) is 0 Å². The normalized spacial score (nSPS) is 26.1. The third kappa shape index (κ3) is 2.17. The van der Waals surface area contributed by atoms with E-state index >= 15 is 0 Å². The average Bonchev–Trinajstić information content (AvgIpc) is 2.98. The molecule has 120 valence electrons. The Labute approximate surface area is 141 Å². The Morgan fingerprint density at radius 3 is 2.21 bits per heavy atom. The van der Waals surface area contributed by atoms with Crippen molar-refractivity contribution in [2.24, 2.45) is 5.92 Å². The number of piperidine rings is 1. The highest BCUT2D eigenvalue weighted by Crippen LogP contribution is 2.36. The van der Waals surface area contributed by atoms with E-state index in [2.05, 4.69) is 53.8 Å². The minimum absolute atomic E-state index is 0.174. The Morgan fingerprint density at radius 1 is 0.833 bits per heavy atom. The number of fused-ring (bicyclic) bond motifs is 5. The molecule has 2 aliphatic rings. The van der Waals surface area contributed by atoms with Gasteiger partial charge in [-0.05, 0) is 53.3 Å². The number of carbonyl (C=O) groups excluding carboxylic acids is 1. The van der Waals surface area contributed by atoms with Crippen molar-refractivity contribution >= 4 is 27.3 Å². The van der Waals surface area contributed by atoms with Crippen molar-refractivity contribution in [1.82, 2.24) is 5.32 Å². The van der Waals surface area contributed by atoms with Crippen LogP contribution in [0.2, 0.25) is 0 Å². The Hall–Kier alpha value is -2.19. The van der Waals surface area contributed by atoms with Gasteiger partial charge in [0, 0.05) is 23.6 Å². The van der Waals surface area contributed by atoms with Gasteiger partial charge < -0.3 is 5.32 Å². The predicted octanol–water partition coefficient (Wildman–Crippen LogP) is 4.71. The Bertz CT molecular complexity index is 933. The van der Waals surface area contributed by atoms with Crippen molar-refractivity contribution in [1.29, 1.82) is 0 Å². The Balaban J connectivity index is 1.66. The van der Waals surface area contributed by atoms with Crippen molar-refractivity contribution in [2.45, 2.75) is 37.8 Å². The van der Waals surface area contributed by atoms with E-state index in [0.29, 0.717) is 17.9 Å². The fourth-order valence-electron chi connectivity index (χ4n) is 4.75. The third-order valence-electron chi connectivity index (χ3n) is 5.88. The molecule has 0 aliphatic carbocycles. The molecule has 24 heavy (non-hydrogen) atoms. The second kappa shape index (κ2) is 5.42. The zero-order chi connectivity index (χ0) is 16.1. The second-order valence-electron chi connectivity index (χ2n) is 7.36. The van der Waals surface area contributed by atoms with Crippen LogP contribution in [0.25, 0.3) is 21.5 Å². The summed E-state index contributed by atoms with van der Waals surface area (Å²) in [5.41, 5.74) is 0.913. The van der Waals surface area contributed by atoms with Gasteiger partial charge >= 0.3 is 0 Å². The number of carbonyl (C=O) groups is 1. The van der Waals surface area contributed by atoms with Gasteiger partial charge in [-0.25, -0.2) is 0 Å². The summed E-state index contributed by atoms with van der Waals surface area (Å²) in [6.45, 7) is 0. The molecule has 3 aromatic rings. The molecular weight excluding hydrogens is 294 g/mol. The molecule has 2 nitrogen and oxygen atoms in total. The minimum atomic E-state index is 0.174. The first-order valence-corrected chi connectivity index (χ1v) is 9.00. The predicted molar refractivity (Wildman–Crippen MR) is 98.5 cm³/mol. The summed E-state index contributed by atoms with van der Waals surface area (Å²) < 4.78 is 0. The fourth-order valence-corrected chi connectivity index (χ4v) is 4.75. The maximum atomic E-state index is 13.3. The molecule has 3 aromatic carbocycles. The molecule has 0 aromatic heterocycles. The van der Waals surface area contributed by atoms with Gasteiger partial charge in [0.1, 0.15) is 0 Å². The highest BCUT2D eigenvalue weighted by atomic mass is 16.1. The van der Waals surface area contributed by atoms with Crippen molar-refractivity contribution in [2.75, 3.05) is 0 Å². The van der Waals surface area contributed by atoms with Crippen LogP contribution in [0.1, 0.15) is 36.0 Å². The SMILES string of the molecule is O=C(c1cc2ccccc2c2ccccc12)C1CC2CCC(C1)N2. The first kappa shape index (κ1) is 14.2. The summed E-state index contributed by atoms with van der Waals surface area (Å²) in [6.07, 6.45) is 4.45. The van der Waals surface area contributed by atoms with Crippen LogP contribution < -0.4 is 5.32 Å². The van der Waals surface area contributed by atoms with Gasteiger partial charge in [0.25, 0.3) is 0 Å². The zero-order valence-corrected chi connectivity index (χ0v) is 13.7. The summed E-state index contributed by atoms with van der Waals surface area (Å²) in [7, 11) is 0. The molecular formula is C22H21NO. The standard InChI is InChI=1S/C22H21NO/c24-22(15-11-16-9-10-17(12-15)23-16)21-13-14-5-1-2-6-18(14)19-7-3-4-8-20(19)21/h1-8,13,15-17,23H,9-12H2. The van der Waals surface area contributed by atoms with Crippen LogP contribution in [0.5, 0.6) is 0 Å². The van der Waals surface area contributed by atoms with Crippen molar-refractivity contribution in [3.05, 3.63) is 60.2 Å². The van der Waals surface area contributed by atoms with E-state index in [4.69, 9.17) is 0 Å². The summed E-state index contributed by atoms with van der Waals surface area (Å²) in [6, 6.07) is 19.9. The summed E-state index contributed by atoms with van der Waals surface area (Å²) in [5, 5.41) is 8.33. The highest BCUT2D eigenvalue weighted by Gasteiger charge is 2.37. The van der Waals surface area contributed by atoms with Crippen molar-refractivity contribution < 1.29 is 4.79 Å². The highest BCUT2D eigenvalue weighted by molar-refractivity contribution is 6.18. The molecule has 0 spiro atoms. The Morgan fingerprint density at radius 2 is 1.46 bits per heavy atom. The van der Waals surface area contributed by atoms with Crippen LogP contribution in [-0.2, 0) is 0 Å². The molecule has 0 saturated carbocycles. The van der Waals surface area contributed by atoms with Gasteiger partial charge in [0.2, 0.25) is 0 Å². The topological polar surface area (TPSA) is 29.1 Å². The minimum Gasteiger partial charge on any atom is -0.311 e. The Kier molecular flexibility index (Phi) is 3.20. The molecule has 2 saturated heterocycles. The number of benzene rings is 3. The van der Waals surface area contributed by atoms with E-state index < -0.39 is 0 Å². The fraction of sp³-hybridized carbons (Fsp3) is 0.318. The van der Waals surface area contributed by atoms with Crippen LogP contribution >= 0.6 is 0 Å². The monoisotopic (exact) mass is 315 g/mol. The van der Waals surface area contributed by atoms with Crippen LogP contribution in [0.3, 0.4) is 0 Å². The number of ketones is 1. The number of Topliss-reactive ketones (excluding diaryl/α,β-unsaturated/α-hetero) is 1. The lowest BCUT2D eigenvalue weighted by Gasteiger charge is -2.28. The number of nitrogens with one attached hydrogen (secondary N) is 1. The molecule has 2 unspecified atom stereocenters. The molecule has 1 N–H and O–H groups in total. The average molecular weight is 315 g/mol. The number of rotatable bonds is 2. The number of hydrogen-bond donors (Lipinski definition) is 1. The van der Waals surface area contributed by atoms with E-state index in [-0.39, 0.29) is 5.92 Å². The van der Waals surface area contributed by atoms with Crippen molar-refractivity contribution in [3.63, 3.8) is 0 Å². The lowest BCUT2D eigenvalue weighted by Crippen LogP contribution is -2.40. The smallest absolute Gasteiger partial charge is 0.166 e. The maximum Gasteiger partial charge on any atom is 0.166 e. The molecule has 2 atom stereocenters. The van der Waals surface area contributed by atoms with Gasteiger partial charge in [0.05, 0.1) is 0 Å². The van der Waals surface area contributed by atoms with Gasteiger partial charge in [-0.3, -0.25) is 4.79 Å². The first-order valence-electron chi connectivity index (χ1n) is 9.00. The van der Waals surface area contributed by atoms with Gasteiger partial charge in [-0.15, -0.1) is 0 Å². The summed E-state index contributed by atoms with van der Waals surface area (Å²) in [4.78, 5) is 13.3. The number of hydrogen-bond acceptors (Lipinski definition) is 2. The lowest BCUT2D eigenvalue weighted by atomic mass is 9.83. The second-order valence-corrected chi connectivity index (χ2v) is 7.36. The maximum absolute atomic E-state index is 13.3. The molecule has 2 heteroatoms. The van der Waals surface area contributed by atoms with Crippen molar-refractivity contribution in [3.8, 4) is 0 Å². The molecule has 2 fully saturated rings. The van der Waals surface area contributed by atoms with Crippen LogP contribution in [-0.4, -0.2) is 17.9 Å². The van der Waals surface area contributed by atoms with Gasteiger partial charge in [-0.2, -0.15) is 0 Å². The molecule has 2 bridgehead atoms. The molecule has 0 amide bonds. The van der Waals surface area contributed by atoms with E-state index in [9.17, 15) is 4.79 Å². The summed E-state index contributed by atoms with van der Waals surface area (Å²) in [5.74, 6) is 0.517. The summed E-state index contributed by atoms with van der Waals surface area (Å²) >= 11 is 0. The van der Waals surface area contributed by atoms with E-state index in [0.717, 1.165) is 29.2 Å². The molecule has 0 radical (unpaired) electrons. The third-order valence-corrected chi connectivity index (χ3v) is 5.88. The molecule has 2 heterocycles. The van der Waals surface area contributed by atoms with E-state index in [1.165, 1.54) is 23.6 Å².